The van der Waals surface area contributed by atoms with Crippen LogP contribution in [0.3, 0.4) is 0 Å². The third-order valence-corrected chi connectivity index (χ3v) is 3.75. The molecule has 2 nitrogen and oxygen atoms in total. The lowest BCUT2D eigenvalue weighted by atomic mass is 9.97. The molecule has 1 aliphatic carbocycles. The van der Waals surface area contributed by atoms with Gasteiger partial charge in [-0.05, 0) is 36.8 Å². The standard InChI is InChI=1S/C14H21FN2/c1-4-6-17-13(11-8-14(11,2)3)10-5-7-16-9-12(10)15/h5,7,9,11,13,17H,4,6,8H2,1-3H3. The average Bonchev–Trinajstić information content (AvgIpc) is 2.91. The highest BCUT2D eigenvalue weighted by molar-refractivity contribution is 5.22. The molecule has 2 unspecified atom stereocenters. The maximum Gasteiger partial charge on any atom is 0.146 e. The smallest absolute Gasteiger partial charge is 0.146 e. The van der Waals surface area contributed by atoms with Gasteiger partial charge >= 0.3 is 0 Å². The van der Waals surface area contributed by atoms with Gasteiger partial charge in [0.15, 0.2) is 0 Å². The summed E-state index contributed by atoms with van der Waals surface area (Å²) in [7, 11) is 0. The van der Waals surface area contributed by atoms with Crippen molar-refractivity contribution in [1.82, 2.24) is 10.3 Å². The van der Waals surface area contributed by atoms with E-state index in [9.17, 15) is 4.39 Å². The minimum atomic E-state index is -0.191. The highest BCUT2D eigenvalue weighted by Crippen LogP contribution is 2.57. The molecule has 1 heterocycles. The van der Waals surface area contributed by atoms with Crippen molar-refractivity contribution in [2.75, 3.05) is 6.54 Å². The minimum absolute atomic E-state index is 0.132. The average molecular weight is 236 g/mol. The van der Waals surface area contributed by atoms with Gasteiger partial charge in [0.2, 0.25) is 0 Å². The SMILES string of the molecule is CCCNC(c1ccncc1F)C1CC1(C)C. The van der Waals surface area contributed by atoms with Crippen LogP contribution in [0.5, 0.6) is 0 Å². The largest absolute Gasteiger partial charge is 0.310 e. The fourth-order valence-electron chi connectivity index (χ4n) is 2.48. The molecule has 0 aromatic carbocycles. The monoisotopic (exact) mass is 236 g/mol. The van der Waals surface area contributed by atoms with E-state index in [1.54, 1.807) is 12.3 Å². The Morgan fingerprint density at radius 2 is 2.29 bits per heavy atom. The highest BCUT2D eigenvalue weighted by atomic mass is 19.1. The normalized spacial score (nSPS) is 23.4. The number of rotatable bonds is 5. The van der Waals surface area contributed by atoms with Crippen LogP contribution in [-0.2, 0) is 0 Å². The molecule has 1 N–H and O–H groups in total. The van der Waals surface area contributed by atoms with Gasteiger partial charge < -0.3 is 5.32 Å². The van der Waals surface area contributed by atoms with Crippen molar-refractivity contribution >= 4 is 0 Å². The van der Waals surface area contributed by atoms with Crippen LogP contribution >= 0.6 is 0 Å². The summed E-state index contributed by atoms with van der Waals surface area (Å²) in [4.78, 5) is 3.82. The lowest BCUT2D eigenvalue weighted by Gasteiger charge is -2.21. The second-order valence-electron chi connectivity index (χ2n) is 5.63. The van der Waals surface area contributed by atoms with Crippen molar-refractivity contribution in [2.45, 2.75) is 39.7 Å². The summed E-state index contributed by atoms with van der Waals surface area (Å²) in [5, 5.41) is 3.48. The Kier molecular flexibility index (Phi) is 3.48. The molecule has 1 aromatic rings. The Morgan fingerprint density at radius 3 is 2.82 bits per heavy atom. The Balaban J connectivity index is 2.19. The molecular weight excluding hydrogens is 215 g/mol. The third-order valence-electron chi connectivity index (χ3n) is 3.75. The molecule has 0 bridgehead atoms. The quantitative estimate of drug-likeness (QED) is 0.848. The van der Waals surface area contributed by atoms with Gasteiger partial charge in [-0.3, -0.25) is 4.98 Å². The number of halogens is 1. The van der Waals surface area contributed by atoms with Crippen LogP contribution in [0.4, 0.5) is 4.39 Å². The van der Waals surface area contributed by atoms with Crippen LogP contribution in [-0.4, -0.2) is 11.5 Å². The van der Waals surface area contributed by atoms with E-state index in [0.29, 0.717) is 11.3 Å². The van der Waals surface area contributed by atoms with E-state index in [0.717, 1.165) is 24.9 Å². The van der Waals surface area contributed by atoms with Crippen molar-refractivity contribution in [3.63, 3.8) is 0 Å². The van der Waals surface area contributed by atoms with E-state index in [1.165, 1.54) is 6.20 Å². The Hall–Kier alpha value is -0.960. The summed E-state index contributed by atoms with van der Waals surface area (Å²) in [5.74, 6) is 0.342. The summed E-state index contributed by atoms with van der Waals surface area (Å²) < 4.78 is 13.8. The third kappa shape index (κ3) is 2.65. The summed E-state index contributed by atoms with van der Waals surface area (Å²) in [6, 6.07) is 1.93. The van der Waals surface area contributed by atoms with Crippen molar-refractivity contribution < 1.29 is 4.39 Å². The van der Waals surface area contributed by atoms with Crippen LogP contribution in [0, 0.1) is 17.2 Å². The molecule has 94 valence electrons. The fraction of sp³-hybridized carbons (Fsp3) is 0.643. The van der Waals surface area contributed by atoms with Crippen molar-refractivity contribution in [3.05, 3.63) is 29.8 Å². The molecule has 2 atom stereocenters. The maximum atomic E-state index is 13.8. The van der Waals surface area contributed by atoms with Crippen LogP contribution in [0.1, 0.15) is 45.2 Å². The van der Waals surface area contributed by atoms with Gasteiger partial charge in [0.05, 0.1) is 6.20 Å². The molecule has 0 aliphatic heterocycles. The lowest BCUT2D eigenvalue weighted by molar-refractivity contribution is 0.402. The number of nitrogens with one attached hydrogen (secondary N) is 1. The maximum absolute atomic E-state index is 13.8. The second-order valence-corrected chi connectivity index (χ2v) is 5.63. The Labute approximate surface area is 103 Å². The summed E-state index contributed by atoms with van der Waals surface area (Å²) in [6.07, 6.45) is 5.21. The van der Waals surface area contributed by atoms with Gasteiger partial charge in [-0.1, -0.05) is 20.8 Å². The van der Waals surface area contributed by atoms with E-state index in [4.69, 9.17) is 0 Å². The minimum Gasteiger partial charge on any atom is -0.310 e. The first kappa shape index (κ1) is 12.5. The molecule has 3 heteroatoms. The molecule has 17 heavy (non-hydrogen) atoms. The summed E-state index contributed by atoms with van der Waals surface area (Å²) in [5.41, 5.74) is 1.10. The van der Waals surface area contributed by atoms with E-state index < -0.39 is 0 Å². The van der Waals surface area contributed by atoms with Gasteiger partial charge in [-0.25, -0.2) is 4.39 Å². The van der Waals surface area contributed by atoms with Gasteiger partial charge in [0.1, 0.15) is 5.82 Å². The summed E-state index contributed by atoms with van der Waals surface area (Å²) in [6.45, 7) is 7.55. The van der Waals surface area contributed by atoms with Gasteiger partial charge in [-0.15, -0.1) is 0 Å². The van der Waals surface area contributed by atoms with Crippen molar-refractivity contribution in [2.24, 2.45) is 11.3 Å². The van der Waals surface area contributed by atoms with Crippen LogP contribution in [0.15, 0.2) is 18.5 Å². The molecule has 0 saturated heterocycles. The number of pyridine rings is 1. The molecule has 0 spiro atoms. The fourth-order valence-corrected chi connectivity index (χ4v) is 2.48. The topological polar surface area (TPSA) is 24.9 Å². The second kappa shape index (κ2) is 4.73. The molecule has 1 aliphatic rings. The van der Waals surface area contributed by atoms with Crippen molar-refractivity contribution in [1.29, 1.82) is 0 Å². The molecule has 2 rings (SSSR count). The molecule has 1 aromatic heterocycles. The van der Waals surface area contributed by atoms with Crippen molar-refractivity contribution in [3.8, 4) is 0 Å². The van der Waals surface area contributed by atoms with Crippen LogP contribution in [0.25, 0.3) is 0 Å². The first-order chi connectivity index (χ1) is 8.06. The van der Waals surface area contributed by atoms with Gasteiger partial charge in [0.25, 0.3) is 0 Å². The molecule has 1 saturated carbocycles. The number of hydrogen-bond donors (Lipinski definition) is 1. The Bertz CT molecular complexity index is 390. The zero-order valence-electron chi connectivity index (χ0n) is 10.8. The van der Waals surface area contributed by atoms with E-state index in [-0.39, 0.29) is 11.9 Å². The molecule has 0 radical (unpaired) electrons. The molecule has 1 fully saturated rings. The zero-order chi connectivity index (χ0) is 12.5. The molecular formula is C14H21FN2. The Morgan fingerprint density at radius 1 is 1.59 bits per heavy atom. The van der Waals surface area contributed by atoms with E-state index >= 15 is 0 Å². The lowest BCUT2D eigenvalue weighted by Crippen LogP contribution is -2.26. The predicted octanol–water partition coefficient (Wildman–Crippen LogP) is 3.31. The molecule has 0 amide bonds. The van der Waals surface area contributed by atoms with E-state index in [2.05, 4.69) is 31.1 Å². The number of aromatic nitrogens is 1. The van der Waals surface area contributed by atoms with Crippen LogP contribution in [0.2, 0.25) is 0 Å². The first-order valence-corrected chi connectivity index (χ1v) is 6.39. The zero-order valence-corrected chi connectivity index (χ0v) is 10.8. The number of hydrogen-bond acceptors (Lipinski definition) is 2. The van der Waals surface area contributed by atoms with E-state index in [1.807, 2.05) is 0 Å². The van der Waals surface area contributed by atoms with Gasteiger partial charge in [-0.2, -0.15) is 0 Å². The number of nitrogens with zero attached hydrogens (tertiary/aromatic N) is 1. The van der Waals surface area contributed by atoms with Gasteiger partial charge in [0, 0.05) is 17.8 Å². The predicted molar refractivity (Wildman–Crippen MR) is 67.1 cm³/mol. The first-order valence-electron chi connectivity index (χ1n) is 6.39. The van der Waals surface area contributed by atoms with Crippen LogP contribution < -0.4 is 5.32 Å². The highest BCUT2D eigenvalue weighted by Gasteiger charge is 2.50. The summed E-state index contributed by atoms with van der Waals surface area (Å²) >= 11 is 0.